The number of ether oxygens (including phenoxy) is 1. The molecular weight excluding hydrogens is 518 g/mol. The molecule has 0 radical (unpaired) electrons. The number of rotatable bonds is 6. The first-order valence-corrected chi connectivity index (χ1v) is 12.8. The van der Waals surface area contributed by atoms with Crippen LogP contribution in [0.5, 0.6) is 5.75 Å². The van der Waals surface area contributed by atoms with E-state index in [2.05, 4.69) is 25.8 Å². The summed E-state index contributed by atoms with van der Waals surface area (Å²) in [5.74, 6) is 0.0594. The van der Waals surface area contributed by atoms with Crippen molar-refractivity contribution in [2.45, 2.75) is 24.0 Å². The number of nitrogens with one attached hydrogen (secondary N) is 2. The number of thioether (sulfide) groups is 1. The highest BCUT2D eigenvalue weighted by molar-refractivity contribution is 7.99. The second kappa shape index (κ2) is 9.59. The van der Waals surface area contributed by atoms with Crippen molar-refractivity contribution >= 4 is 40.6 Å². The third kappa shape index (κ3) is 4.30. The number of carbonyl (C=O) groups excluding carboxylic acids is 2. The molecule has 0 bridgehead atoms. The zero-order valence-corrected chi connectivity index (χ0v) is 20.9. The third-order valence-electron chi connectivity index (χ3n) is 6.45. The second-order valence-electron chi connectivity index (χ2n) is 8.83. The molecule has 6 rings (SSSR count). The number of benzene rings is 1. The zero-order valence-electron chi connectivity index (χ0n) is 20.1. The first-order chi connectivity index (χ1) is 18.4. The highest BCUT2D eigenvalue weighted by Crippen LogP contribution is 2.43. The van der Waals surface area contributed by atoms with E-state index in [1.165, 1.54) is 21.5 Å². The molecule has 3 aromatic heterocycles. The number of nitrogens with zero attached hydrogens (tertiary/aromatic N) is 6. The molecule has 0 saturated carbocycles. The molecule has 0 aliphatic carbocycles. The van der Waals surface area contributed by atoms with Crippen molar-refractivity contribution in [1.82, 2.24) is 29.3 Å². The van der Waals surface area contributed by atoms with Gasteiger partial charge in [0.2, 0.25) is 5.91 Å². The Bertz CT molecular complexity index is 1550. The van der Waals surface area contributed by atoms with Gasteiger partial charge in [0.1, 0.15) is 23.0 Å². The van der Waals surface area contributed by atoms with E-state index in [1.807, 2.05) is 0 Å². The lowest BCUT2D eigenvalue weighted by Crippen LogP contribution is -2.24. The maximum absolute atomic E-state index is 13.4. The van der Waals surface area contributed by atoms with Crippen molar-refractivity contribution < 1.29 is 23.1 Å². The average Bonchev–Trinajstić information content (AvgIpc) is 3.60. The summed E-state index contributed by atoms with van der Waals surface area (Å²) in [4.78, 5) is 32.7. The zero-order chi connectivity index (χ0) is 26.4. The van der Waals surface area contributed by atoms with Crippen LogP contribution in [0.2, 0.25) is 0 Å². The molecule has 0 unspecified atom stereocenters. The summed E-state index contributed by atoms with van der Waals surface area (Å²) < 4.78 is 34.7. The van der Waals surface area contributed by atoms with E-state index in [0.29, 0.717) is 30.8 Å². The molecule has 1 saturated heterocycles. The fraction of sp³-hybridized carbons (Fsp3) is 0.292. The van der Waals surface area contributed by atoms with Gasteiger partial charge in [-0.2, -0.15) is 19.0 Å². The highest BCUT2D eigenvalue weighted by atomic mass is 32.2. The van der Waals surface area contributed by atoms with E-state index < -0.39 is 18.6 Å². The van der Waals surface area contributed by atoms with Crippen molar-refractivity contribution in [3.63, 3.8) is 0 Å². The monoisotopic (exact) mass is 540 g/mol. The summed E-state index contributed by atoms with van der Waals surface area (Å²) in [5.41, 5.74) is 1.96. The molecule has 2 aliphatic heterocycles. The van der Waals surface area contributed by atoms with E-state index in [9.17, 15) is 18.4 Å². The van der Waals surface area contributed by atoms with Gasteiger partial charge in [0.25, 0.3) is 5.91 Å². The number of anilines is 2. The Labute approximate surface area is 219 Å². The fourth-order valence-corrected chi connectivity index (χ4v) is 5.52. The number of hydrogen-bond acceptors (Lipinski definition) is 8. The predicted octanol–water partition coefficient (Wildman–Crippen LogP) is 3.37. The molecule has 1 aromatic carbocycles. The minimum Gasteiger partial charge on any atom is -0.434 e. The number of alkyl halides is 2. The molecule has 1 fully saturated rings. The van der Waals surface area contributed by atoms with E-state index in [-0.39, 0.29) is 34.2 Å². The van der Waals surface area contributed by atoms with Crippen molar-refractivity contribution in [2.75, 3.05) is 36.5 Å². The number of likely N-dealkylation sites (N-methyl/N-ethyl adjacent to an activating group) is 1. The molecule has 11 nitrogen and oxygen atoms in total. The largest absolute Gasteiger partial charge is 0.434 e. The summed E-state index contributed by atoms with van der Waals surface area (Å²) in [6.07, 6.45) is 6.67. The standard InChI is InChI=1S/C24H22F2N8O3S/c1-32-7-3-17(23(32)36)34-12-16(30-22(35)14-11-29-33-6-2-4-28-21(14)33)20(31-34)13-9-19-15(27-5-8-38-19)10-18(13)37-24(25)26/h2,4,6,9-12,17,24,27H,3,5,7-8H2,1H3,(H,30,35)/t17-/m1/s1. The van der Waals surface area contributed by atoms with Gasteiger partial charge in [-0.3, -0.25) is 14.3 Å². The number of hydrogen-bond donors (Lipinski definition) is 2. The minimum atomic E-state index is -3.07. The number of amides is 2. The SMILES string of the molecule is CN1CC[C@@H](n2cc(NC(=O)c3cnn4cccnc34)c(-c3cc4c(cc3OC(F)F)NCCS4)n2)C1=O. The predicted molar refractivity (Wildman–Crippen MR) is 136 cm³/mol. The van der Waals surface area contributed by atoms with E-state index in [4.69, 9.17) is 4.74 Å². The van der Waals surface area contributed by atoms with Crippen LogP contribution in [0.15, 0.2) is 47.9 Å². The number of likely N-dealkylation sites (tertiary alicyclic amines) is 1. The van der Waals surface area contributed by atoms with Crippen LogP contribution >= 0.6 is 11.8 Å². The minimum absolute atomic E-state index is 0.0954. The maximum atomic E-state index is 13.4. The van der Waals surface area contributed by atoms with Crippen LogP contribution in [-0.2, 0) is 4.79 Å². The maximum Gasteiger partial charge on any atom is 0.387 e. The van der Waals surface area contributed by atoms with Gasteiger partial charge in [-0.05, 0) is 18.6 Å². The van der Waals surface area contributed by atoms with Gasteiger partial charge in [0, 0.05) is 54.8 Å². The van der Waals surface area contributed by atoms with Crippen LogP contribution < -0.4 is 15.4 Å². The molecule has 196 valence electrons. The van der Waals surface area contributed by atoms with Crippen LogP contribution in [0, 0.1) is 0 Å². The summed E-state index contributed by atoms with van der Waals surface area (Å²) in [6, 6.07) is 4.33. The Balaban J connectivity index is 1.46. The van der Waals surface area contributed by atoms with Crippen LogP contribution in [0.4, 0.5) is 20.2 Å². The Morgan fingerprint density at radius 2 is 2.21 bits per heavy atom. The van der Waals surface area contributed by atoms with Crippen molar-refractivity contribution in [3.8, 4) is 17.0 Å². The lowest BCUT2D eigenvalue weighted by molar-refractivity contribution is -0.129. The Kier molecular flexibility index (Phi) is 6.10. The Morgan fingerprint density at radius 3 is 3.00 bits per heavy atom. The van der Waals surface area contributed by atoms with Gasteiger partial charge in [0.15, 0.2) is 5.65 Å². The topological polar surface area (TPSA) is 119 Å². The molecular formula is C24H22F2N8O3S. The van der Waals surface area contributed by atoms with Crippen molar-refractivity contribution in [3.05, 3.63) is 48.5 Å². The summed E-state index contributed by atoms with van der Waals surface area (Å²) in [6.45, 7) is -1.83. The molecule has 2 amide bonds. The molecule has 5 heterocycles. The molecule has 2 N–H and O–H groups in total. The summed E-state index contributed by atoms with van der Waals surface area (Å²) in [7, 11) is 1.70. The van der Waals surface area contributed by atoms with E-state index in [1.54, 1.807) is 54.4 Å². The van der Waals surface area contributed by atoms with Gasteiger partial charge in [-0.1, -0.05) is 0 Å². The number of aromatic nitrogens is 5. The Hall–Kier alpha value is -4.20. The van der Waals surface area contributed by atoms with Crippen molar-refractivity contribution in [2.24, 2.45) is 0 Å². The van der Waals surface area contributed by atoms with Crippen LogP contribution in [0.1, 0.15) is 22.8 Å². The molecule has 0 spiro atoms. The summed E-state index contributed by atoms with van der Waals surface area (Å²) >= 11 is 1.57. The second-order valence-corrected chi connectivity index (χ2v) is 9.97. The van der Waals surface area contributed by atoms with E-state index >= 15 is 0 Å². The molecule has 14 heteroatoms. The first-order valence-electron chi connectivity index (χ1n) is 11.8. The molecule has 2 aliphatic rings. The molecule has 4 aromatic rings. The number of carbonyl (C=O) groups is 2. The lowest BCUT2D eigenvalue weighted by Gasteiger charge is -2.20. The van der Waals surface area contributed by atoms with E-state index in [0.717, 1.165) is 10.6 Å². The fourth-order valence-electron chi connectivity index (χ4n) is 4.61. The van der Waals surface area contributed by atoms with Gasteiger partial charge in [0.05, 0.1) is 23.8 Å². The number of halogens is 2. The number of fused-ring (bicyclic) bond motifs is 2. The van der Waals surface area contributed by atoms with Crippen LogP contribution in [0.3, 0.4) is 0 Å². The first kappa shape index (κ1) is 24.2. The smallest absolute Gasteiger partial charge is 0.387 e. The third-order valence-corrected chi connectivity index (χ3v) is 7.51. The Morgan fingerprint density at radius 1 is 1.34 bits per heavy atom. The normalized spacial score (nSPS) is 17.1. The lowest BCUT2D eigenvalue weighted by atomic mass is 10.1. The molecule has 1 atom stereocenters. The van der Waals surface area contributed by atoms with Crippen LogP contribution in [0.25, 0.3) is 16.9 Å². The van der Waals surface area contributed by atoms with Crippen LogP contribution in [-0.4, -0.2) is 73.6 Å². The van der Waals surface area contributed by atoms with Gasteiger partial charge in [-0.15, -0.1) is 11.8 Å². The average molecular weight is 541 g/mol. The van der Waals surface area contributed by atoms with Gasteiger partial charge >= 0.3 is 6.61 Å². The molecule has 38 heavy (non-hydrogen) atoms. The summed E-state index contributed by atoms with van der Waals surface area (Å²) in [5, 5.41) is 14.8. The quantitative estimate of drug-likeness (QED) is 0.382. The van der Waals surface area contributed by atoms with Gasteiger partial charge < -0.3 is 20.3 Å². The van der Waals surface area contributed by atoms with Crippen molar-refractivity contribution in [1.29, 1.82) is 0 Å². The highest BCUT2D eigenvalue weighted by Gasteiger charge is 2.33. The van der Waals surface area contributed by atoms with Gasteiger partial charge in [-0.25, -0.2) is 9.50 Å².